The van der Waals surface area contributed by atoms with Gasteiger partial charge in [0.05, 0.1) is 0 Å². The Bertz CT molecular complexity index is 362. The third-order valence-corrected chi connectivity index (χ3v) is 2.75. The summed E-state index contributed by atoms with van der Waals surface area (Å²) in [4.78, 5) is 15.3. The molecule has 1 aromatic heterocycles. The molecule has 2 N–H and O–H groups in total. The molecule has 0 aromatic carbocycles. The van der Waals surface area contributed by atoms with E-state index < -0.39 is 12.6 Å². The molecule has 1 heterocycles. The average molecular weight is 252 g/mol. The largest absolute Gasteiger partial charge is 0.389 e. The lowest BCUT2D eigenvalue weighted by Gasteiger charge is -2.04. The van der Waals surface area contributed by atoms with Crippen LogP contribution in [0.2, 0.25) is 0 Å². The van der Waals surface area contributed by atoms with Gasteiger partial charge in [0.25, 0.3) is 0 Å². The van der Waals surface area contributed by atoms with Crippen LogP contribution >= 0.6 is 11.3 Å². The van der Waals surface area contributed by atoms with Crippen LogP contribution in [0.3, 0.4) is 0 Å². The number of nitrogens with two attached hydrogens (primary N) is 1. The van der Waals surface area contributed by atoms with Crippen LogP contribution in [0.5, 0.6) is 0 Å². The molecule has 0 aliphatic rings. The molecule has 0 amide bonds. The van der Waals surface area contributed by atoms with Gasteiger partial charge in [0, 0.05) is 24.8 Å². The summed E-state index contributed by atoms with van der Waals surface area (Å²) in [6.07, 6.45) is -5.47. The van der Waals surface area contributed by atoms with Crippen molar-refractivity contribution >= 4 is 17.1 Å². The first kappa shape index (κ1) is 13.1. The summed E-state index contributed by atoms with van der Waals surface area (Å²) in [5, 5.41) is 2.14. The summed E-state index contributed by atoms with van der Waals surface area (Å²) >= 11 is 1.24. The zero-order valence-corrected chi connectivity index (χ0v) is 9.20. The molecule has 0 bridgehead atoms. The summed E-state index contributed by atoms with van der Waals surface area (Å²) in [7, 11) is 0. The van der Waals surface area contributed by atoms with E-state index >= 15 is 0 Å². The maximum absolute atomic E-state index is 11.8. The topological polar surface area (TPSA) is 56.0 Å². The van der Waals surface area contributed by atoms with Crippen LogP contribution in [0.15, 0.2) is 5.38 Å². The second-order valence-electron chi connectivity index (χ2n) is 3.22. The van der Waals surface area contributed by atoms with Crippen molar-refractivity contribution in [2.24, 2.45) is 5.73 Å². The van der Waals surface area contributed by atoms with Crippen LogP contribution in [0.1, 0.15) is 34.8 Å². The number of nitrogens with zero attached hydrogens (tertiary/aromatic N) is 1. The Labute approximate surface area is 94.5 Å². The smallest absolute Gasteiger partial charge is 0.325 e. The predicted octanol–water partition coefficient (Wildman–Crippen LogP) is 2.52. The summed E-state index contributed by atoms with van der Waals surface area (Å²) in [6.45, 7) is 0.237. The fraction of sp³-hybridized carbons (Fsp3) is 0.556. The third-order valence-electron chi connectivity index (χ3n) is 1.88. The van der Waals surface area contributed by atoms with Crippen LogP contribution in [0, 0.1) is 0 Å². The van der Waals surface area contributed by atoms with Crippen molar-refractivity contribution in [2.75, 3.05) is 0 Å². The van der Waals surface area contributed by atoms with Crippen LogP contribution in [-0.2, 0) is 6.54 Å². The molecule has 90 valence electrons. The van der Waals surface area contributed by atoms with Crippen molar-refractivity contribution in [3.8, 4) is 0 Å². The number of Topliss-reactive ketones (excluding diaryl/α,β-unsaturated/α-hetero) is 1. The van der Waals surface area contributed by atoms with E-state index in [-0.39, 0.29) is 30.9 Å². The lowest BCUT2D eigenvalue weighted by molar-refractivity contribution is -0.135. The number of carbonyl (C=O) groups is 1. The molecule has 0 saturated heterocycles. The summed E-state index contributed by atoms with van der Waals surface area (Å²) in [5.74, 6) is -0.361. The van der Waals surface area contributed by atoms with Gasteiger partial charge < -0.3 is 5.73 Å². The molecule has 7 heteroatoms. The van der Waals surface area contributed by atoms with Crippen molar-refractivity contribution in [2.45, 2.75) is 32.0 Å². The lowest BCUT2D eigenvalue weighted by Crippen LogP contribution is -2.09. The van der Waals surface area contributed by atoms with E-state index in [1.807, 2.05) is 0 Å². The Balaban J connectivity index is 2.41. The normalized spacial score (nSPS) is 11.8. The molecule has 0 saturated carbocycles. The standard InChI is InChI=1S/C9H11F3N2OS/c10-9(11,12)3-1-2-7(15)6-5-16-8(4-13)14-6/h5H,1-4,13H2. The zero-order chi connectivity index (χ0) is 12.2. The number of alkyl halides is 3. The van der Waals surface area contributed by atoms with Crippen LogP contribution in [0.25, 0.3) is 0 Å². The van der Waals surface area contributed by atoms with Gasteiger partial charge in [0.2, 0.25) is 0 Å². The lowest BCUT2D eigenvalue weighted by atomic mass is 10.1. The highest BCUT2D eigenvalue weighted by Crippen LogP contribution is 2.23. The van der Waals surface area contributed by atoms with Gasteiger partial charge in [-0.3, -0.25) is 4.79 Å². The predicted molar refractivity (Wildman–Crippen MR) is 54.2 cm³/mol. The molecule has 0 unspecified atom stereocenters. The number of rotatable bonds is 5. The van der Waals surface area contributed by atoms with E-state index in [4.69, 9.17) is 5.73 Å². The number of aromatic nitrogens is 1. The van der Waals surface area contributed by atoms with Crippen LogP contribution in [-0.4, -0.2) is 16.9 Å². The number of ketones is 1. The van der Waals surface area contributed by atoms with Gasteiger partial charge in [-0.05, 0) is 6.42 Å². The number of thiazole rings is 1. The van der Waals surface area contributed by atoms with E-state index in [1.54, 1.807) is 0 Å². The minimum atomic E-state index is -4.20. The SMILES string of the molecule is NCc1nc(C(=O)CCCC(F)(F)F)cs1. The second kappa shape index (κ2) is 5.40. The third kappa shape index (κ3) is 4.28. The van der Waals surface area contributed by atoms with Crippen molar-refractivity contribution in [3.63, 3.8) is 0 Å². The molecule has 1 aromatic rings. The highest BCUT2D eigenvalue weighted by molar-refractivity contribution is 7.09. The monoisotopic (exact) mass is 252 g/mol. The van der Waals surface area contributed by atoms with E-state index in [0.717, 1.165) is 0 Å². The van der Waals surface area contributed by atoms with Crippen LogP contribution in [0.4, 0.5) is 13.2 Å². The average Bonchev–Trinajstić information content (AvgIpc) is 2.63. The first-order chi connectivity index (χ1) is 7.42. The minimum Gasteiger partial charge on any atom is -0.325 e. The van der Waals surface area contributed by atoms with Crippen molar-refractivity contribution in [1.29, 1.82) is 0 Å². The van der Waals surface area contributed by atoms with Crippen molar-refractivity contribution in [1.82, 2.24) is 4.98 Å². The summed E-state index contributed by atoms with van der Waals surface area (Å²) in [6, 6.07) is 0. The summed E-state index contributed by atoms with van der Waals surface area (Å²) in [5.41, 5.74) is 5.52. The Kier molecular flexibility index (Phi) is 4.43. The van der Waals surface area contributed by atoms with E-state index in [9.17, 15) is 18.0 Å². The fourth-order valence-electron chi connectivity index (χ4n) is 1.11. The first-order valence-corrected chi connectivity index (χ1v) is 5.55. The first-order valence-electron chi connectivity index (χ1n) is 4.67. The fourth-order valence-corrected chi connectivity index (χ4v) is 1.79. The van der Waals surface area contributed by atoms with Gasteiger partial charge in [0.15, 0.2) is 5.78 Å². The van der Waals surface area contributed by atoms with Crippen molar-refractivity contribution in [3.05, 3.63) is 16.1 Å². The maximum atomic E-state index is 11.8. The quantitative estimate of drug-likeness (QED) is 0.819. The zero-order valence-electron chi connectivity index (χ0n) is 8.38. The van der Waals surface area contributed by atoms with E-state index in [2.05, 4.69) is 4.98 Å². The molecule has 3 nitrogen and oxygen atoms in total. The van der Waals surface area contributed by atoms with E-state index in [1.165, 1.54) is 16.7 Å². The minimum absolute atomic E-state index is 0.132. The molecule has 0 radical (unpaired) electrons. The number of halogens is 3. The molecular weight excluding hydrogens is 241 g/mol. The number of hydrogen-bond donors (Lipinski definition) is 1. The van der Waals surface area contributed by atoms with Gasteiger partial charge >= 0.3 is 6.18 Å². The molecule has 0 aliphatic carbocycles. The molecule has 0 spiro atoms. The Hall–Kier alpha value is -0.950. The Morgan fingerprint density at radius 2 is 2.19 bits per heavy atom. The van der Waals surface area contributed by atoms with Gasteiger partial charge in [0.1, 0.15) is 10.7 Å². The highest BCUT2D eigenvalue weighted by Gasteiger charge is 2.26. The molecule has 0 atom stereocenters. The molecule has 0 aliphatic heterocycles. The molecule has 16 heavy (non-hydrogen) atoms. The van der Waals surface area contributed by atoms with Gasteiger partial charge in [-0.2, -0.15) is 13.2 Å². The number of hydrogen-bond acceptors (Lipinski definition) is 4. The molecule has 1 rings (SSSR count). The van der Waals surface area contributed by atoms with E-state index in [0.29, 0.717) is 5.01 Å². The number of carbonyl (C=O) groups excluding carboxylic acids is 1. The Morgan fingerprint density at radius 1 is 1.50 bits per heavy atom. The van der Waals surface area contributed by atoms with Crippen molar-refractivity contribution < 1.29 is 18.0 Å². The summed E-state index contributed by atoms with van der Waals surface area (Å²) < 4.78 is 35.5. The van der Waals surface area contributed by atoms with Gasteiger partial charge in [-0.25, -0.2) is 4.98 Å². The van der Waals surface area contributed by atoms with Gasteiger partial charge in [-0.15, -0.1) is 11.3 Å². The Morgan fingerprint density at radius 3 is 2.69 bits per heavy atom. The second-order valence-corrected chi connectivity index (χ2v) is 4.17. The molecular formula is C9H11F3N2OS. The highest BCUT2D eigenvalue weighted by atomic mass is 32.1. The molecule has 0 fully saturated rings. The maximum Gasteiger partial charge on any atom is 0.389 e. The van der Waals surface area contributed by atoms with Crippen LogP contribution < -0.4 is 5.73 Å². The van der Waals surface area contributed by atoms with Gasteiger partial charge in [-0.1, -0.05) is 0 Å².